The fourth-order valence-corrected chi connectivity index (χ4v) is 1.76. The van der Waals surface area contributed by atoms with E-state index >= 15 is 0 Å². The van der Waals surface area contributed by atoms with Crippen molar-refractivity contribution in [3.05, 3.63) is 46.5 Å². The van der Waals surface area contributed by atoms with Crippen LogP contribution in [0.5, 0.6) is 0 Å². The van der Waals surface area contributed by atoms with Crippen molar-refractivity contribution in [3.8, 4) is 0 Å². The number of carbonyl (C=O) groups is 1. The second kappa shape index (κ2) is 6.45. The van der Waals surface area contributed by atoms with Crippen LogP contribution in [-0.2, 0) is 11.3 Å². The summed E-state index contributed by atoms with van der Waals surface area (Å²) < 4.78 is 5.54. The van der Waals surface area contributed by atoms with Gasteiger partial charge in [-0.3, -0.25) is 0 Å². The first-order valence-corrected chi connectivity index (χ1v) is 5.66. The summed E-state index contributed by atoms with van der Waals surface area (Å²) in [6.45, 7) is 5.11. The van der Waals surface area contributed by atoms with Gasteiger partial charge in [-0.2, -0.15) is 0 Å². The highest BCUT2D eigenvalue weighted by atomic mass is 79.9. The molecule has 0 aliphatic rings. The van der Waals surface area contributed by atoms with E-state index in [1.165, 1.54) is 7.11 Å². The van der Waals surface area contributed by atoms with Crippen LogP contribution in [0.3, 0.4) is 0 Å². The van der Waals surface area contributed by atoms with Crippen LogP contribution >= 0.6 is 15.9 Å². The number of ether oxygens (including phenoxy) is 1. The highest BCUT2D eigenvalue weighted by molar-refractivity contribution is 9.10. The second-order valence-electron chi connectivity index (χ2n) is 3.22. The average Bonchev–Trinajstić information content (AvgIpc) is 2.30. The van der Waals surface area contributed by atoms with Crippen LogP contribution in [0.15, 0.2) is 35.3 Å². The smallest absolute Gasteiger partial charge is 0.337 e. The van der Waals surface area contributed by atoms with Crippen LogP contribution < -0.4 is 5.32 Å². The van der Waals surface area contributed by atoms with E-state index in [9.17, 15) is 4.79 Å². The molecule has 1 aromatic rings. The Morgan fingerprint density at radius 1 is 1.62 bits per heavy atom. The van der Waals surface area contributed by atoms with E-state index in [2.05, 4.69) is 32.6 Å². The molecule has 0 aliphatic carbocycles. The highest BCUT2D eigenvalue weighted by Crippen LogP contribution is 2.19. The molecule has 1 N–H and O–H groups in total. The summed E-state index contributed by atoms with van der Waals surface area (Å²) in [6, 6.07) is 5.41. The zero-order valence-electron chi connectivity index (χ0n) is 9.13. The normalized spacial score (nSPS) is 9.88. The molecule has 3 nitrogen and oxygen atoms in total. The van der Waals surface area contributed by atoms with Crippen molar-refractivity contribution in [2.24, 2.45) is 0 Å². The van der Waals surface area contributed by atoms with Gasteiger partial charge in [0.15, 0.2) is 0 Å². The fourth-order valence-electron chi connectivity index (χ4n) is 1.24. The molecule has 0 heterocycles. The Morgan fingerprint density at radius 3 is 2.94 bits per heavy atom. The van der Waals surface area contributed by atoms with Crippen molar-refractivity contribution < 1.29 is 9.53 Å². The zero-order valence-corrected chi connectivity index (χ0v) is 10.7. The van der Waals surface area contributed by atoms with E-state index in [1.54, 1.807) is 18.2 Å². The number of rotatable bonds is 5. The minimum absolute atomic E-state index is 0.327. The molecule has 0 saturated carbocycles. The molecule has 0 saturated heterocycles. The molecule has 0 bridgehead atoms. The minimum Gasteiger partial charge on any atom is -0.465 e. The van der Waals surface area contributed by atoms with Gasteiger partial charge >= 0.3 is 5.97 Å². The van der Waals surface area contributed by atoms with Gasteiger partial charge < -0.3 is 10.1 Å². The lowest BCUT2D eigenvalue weighted by molar-refractivity contribution is 0.0600. The van der Waals surface area contributed by atoms with Crippen molar-refractivity contribution in [1.29, 1.82) is 0 Å². The van der Waals surface area contributed by atoms with Gasteiger partial charge in [0.1, 0.15) is 0 Å². The lowest BCUT2D eigenvalue weighted by Crippen LogP contribution is -2.13. The number of methoxy groups -OCH3 is 1. The molecular weight excluding hydrogens is 270 g/mol. The Bertz CT molecular complexity index is 391. The van der Waals surface area contributed by atoms with Gasteiger partial charge in [0.25, 0.3) is 0 Å². The summed E-state index contributed by atoms with van der Waals surface area (Å²) in [5.41, 5.74) is 1.64. The van der Waals surface area contributed by atoms with E-state index in [1.807, 2.05) is 6.07 Å². The molecule has 1 aromatic carbocycles. The number of halogens is 1. The van der Waals surface area contributed by atoms with Gasteiger partial charge in [-0.15, -0.1) is 6.58 Å². The van der Waals surface area contributed by atoms with Gasteiger partial charge in [0.05, 0.1) is 12.7 Å². The van der Waals surface area contributed by atoms with Crippen molar-refractivity contribution >= 4 is 21.9 Å². The third-order valence-electron chi connectivity index (χ3n) is 2.08. The number of hydrogen-bond acceptors (Lipinski definition) is 3. The topological polar surface area (TPSA) is 38.3 Å². The Balaban J connectivity index is 2.75. The summed E-state index contributed by atoms with van der Waals surface area (Å²) in [6.07, 6.45) is 1.80. The summed E-state index contributed by atoms with van der Waals surface area (Å²) in [7, 11) is 1.37. The van der Waals surface area contributed by atoms with Gasteiger partial charge in [-0.1, -0.05) is 28.1 Å². The van der Waals surface area contributed by atoms with Crippen molar-refractivity contribution in [2.75, 3.05) is 13.7 Å². The molecule has 86 valence electrons. The zero-order chi connectivity index (χ0) is 12.0. The molecule has 0 atom stereocenters. The number of carbonyl (C=O) groups excluding carboxylic acids is 1. The molecule has 0 fully saturated rings. The van der Waals surface area contributed by atoms with Crippen LogP contribution in [0.2, 0.25) is 0 Å². The Morgan fingerprint density at radius 2 is 2.38 bits per heavy atom. The molecule has 0 radical (unpaired) electrons. The first-order chi connectivity index (χ1) is 7.69. The quantitative estimate of drug-likeness (QED) is 0.513. The number of hydrogen-bond donors (Lipinski definition) is 1. The Hall–Kier alpha value is -1.13. The summed E-state index contributed by atoms with van der Waals surface area (Å²) in [4.78, 5) is 11.3. The van der Waals surface area contributed by atoms with Crippen molar-refractivity contribution in [1.82, 2.24) is 5.32 Å². The Kier molecular flexibility index (Phi) is 5.22. The first kappa shape index (κ1) is 12.9. The standard InChI is InChI=1S/C12H14BrNO2/c1-3-6-14-8-10-5-4-9(7-11(10)13)12(15)16-2/h3-5,7,14H,1,6,8H2,2H3. The predicted molar refractivity (Wildman–Crippen MR) is 67.4 cm³/mol. The maximum atomic E-state index is 11.3. The molecule has 0 unspecified atom stereocenters. The SMILES string of the molecule is C=CCNCc1ccc(C(=O)OC)cc1Br. The molecule has 4 heteroatoms. The Labute approximate surface area is 104 Å². The van der Waals surface area contributed by atoms with Gasteiger partial charge in [-0.25, -0.2) is 4.79 Å². The monoisotopic (exact) mass is 283 g/mol. The second-order valence-corrected chi connectivity index (χ2v) is 4.07. The molecule has 0 aliphatic heterocycles. The van der Waals surface area contributed by atoms with Gasteiger partial charge in [0, 0.05) is 17.6 Å². The number of esters is 1. The lowest BCUT2D eigenvalue weighted by atomic mass is 10.1. The molecular formula is C12H14BrNO2. The minimum atomic E-state index is -0.327. The molecule has 0 aromatic heterocycles. The van der Waals surface area contributed by atoms with Crippen LogP contribution in [0.4, 0.5) is 0 Å². The van der Waals surface area contributed by atoms with E-state index in [4.69, 9.17) is 0 Å². The van der Waals surface area contributed by atoms with Crippen molar-refractivity contribution in [3.63, 3.8) is 0 Å². The predicted octanol–water partition coefficient (Wildman–Crippen LogP) is 2.51. The third kappa shape index (κ3) is 3.47. The molecule has 0 spiro atoms. The molecule has 16 heavy (non-hydrogen) atoms. The summed E-state index contributed by atoms with van der Waals surface area (Å²) >= 11 is 3.42. The maximum Gasteiger partial charge on any atom is 0.337 e. The maximum absolute atomic E-state index is 11.3. The fraction of sp³-hybridized carbons (Fsp3) is 0.250. The molecule has 0 amide bonds. The number of benzene rings is 1. The van der Waals surface area contributed by atoms with E-state index in [-0.39, 0.29) is 5.97 Å². The largest absolute Gasteiger partial charge is 0.465 e. The summed E-state index contributed by atoms with van der Waals surface area (Å²) in [5, 5.41) is 3.19. The average molecular weight is 284 g/mol. The third-order valence-corrected chi connectivity index (χ3v) is 2.82. The van der Waals surface area contributed by atoms with Crippen molar-refractivity contribution in [2.45, 2.75) is 6.54 Å². The summed E-state index contributed by atoms with van der Waals surface area (Å²) in [5.74, 6) is -0.327. The van der Waals surface area contributed by atoms with E-state index < -0.39 is 0 Å². The first-order valence-electron chi connectivity index (χ1n) is 4.87. The van der Waals surface area contributed by atoms with Crippen LogP contribution in [0.1, 0.15) is 15.9 Å². The highest BCUT2D eigenvalue weighted by Gasteiger charge is 2.07. The van der Waals surface area contributed by atoms with Crippen LogP contribution in [0.25, 0.3) is 0 Å². The van der Waals surface area contributed by atoms with Gasteiger partial charge in [-0.05, 0) is 17.7 Å². The molecule has 1 rings (SSSR count). The van der Waals surface area contributed by atoms with Crippen LogP contribution in [-0.4, -0.2) is 19.6 Å². The van der Waals surface area contributed by atoms with Crippen LogP contribution in [0, 0.1) is 0 Å². The van der Waals surface area contributed by atoms with Gasteiger partial charge in [0.2, 0.25) is 0 Å². The van der Waals surface area contributed by atoms with E-state index in [0.29, 0.717) is 5.56 Å². The van der Waals surface area contributed by atoms with E-state index in [0.717, 1.165) is 23.1 Å². The number of nitrogens with one attached hydrogen (secondary N) is 1. The lowest BCUT2D eigenvalue weighted by Gasteiger charge is -2.06.